The van der Waals surface area contributed by atoms with Crippen molar-refractivity contribution in [1.29, 1.82) is 0 Å². The number of fused-ring (bicyclic) bond motifs is 2. The van der Waals surface area contributed by atoms with Crippen molar-refractivity contribution in [3.8, 4) is 0 Å². The molecule has 5 aliphatic heterocycles. The highest BCUT2D eigenvalue weighted by atomic mass is 16.8. The molecule has 0 aromatic carbocycles. The van der Waals surface area contributed by atoms with E-state index in [9.17, 15) is 15.0 Å². The van der Waals surface area contributed by atoms with Crippen molar-refractivity contribution in [2.24, 2.45) is 23.2 Å². The van der Waals surface area contributed by atoms with Crippen LogP contribution in [-0.2, 0) is 23.7 Å². The van der Waals surface area contributed by atoms with E-state index in [1.165, 1.54) is 5.57 Å². The molecule has 6 rings (SSSR count). The van der Waals surface area contributed by atoms with Gasteiger partial charge in [0.25, 0.3) is 0 Å². The monoisotopic (exact) mass is 518 g/mol. The third-order valence-corrected chi connectivity index (χ3v) is 10.7. The Hall–Kier alpha value is -1.25. The van der Waals surface area contributed by atoms with Crippen LogP contribution in [0.4, 0.5) is 0 Å². The van der Waals surface area contributed by atoms with Crippen molar-refractivity contribution in [2.75, 3.05) is 13.2 Å². The topological polar surface area (TPSA) is 94.5 Å². The molecule has 1 aliphatic carbocycles. The number of esters is 1. The number of ether oxygens (including phenoxy) is 4. The van der Waals surface area contributed by atoms with E-state index in [0.29, 0.717) is 36.9 Å². The predicted molar refractivity (Wildman–Crippen MR) is 138 cm³/mol. The van der Waals surface area contributed by atoms with Crippen LogP contribution in [0.5, 0.6) is 0 Å². The van der Waals surface area contributed by atoms with E-state index in [0.717, 1.165) is 44.9 Å². The second-order valence-corrected chi connectivity index (χ2v) is 13.6. The summed E-state index contributed by atoms with van der Waals surface area (Å²) in [6.07, 6.45) is 9.09. The third kappa shape index (κ3) is 4.43. The van der Waals surface area contributed by atoms with Gasteiger partial charge in [-0.25, -0.2) is 4.79 Å². The van der Waals surface area contributed by atoms with Crippen LogP contribution < -0.4 is 0 Å². The molecule has 1 unspecified atom stereocenters. The summed E-state index contributed by atoms with van der Waals surface area (Å²) in [5.41, 5.74) is 0.353. The van der Waals surface area contributed by atoms with Crippen LogP contribution in [0.2, 0.25) is 0 Å². The summed E-state index contributed by atoms with van der Waals surface area (Å²) >= 11 is 0. The van der Waals surface area contributed by atoms with E-state index in [1.807, 2.05) is 19.9 Å². The minimum absolute atomic E-state index is 0.0401. The first-order chi connectivity index (χ1) is 17.2. The van der Waals surface area contributed by atoms with Gasteiger partial charge in [-0.15, -0.1) is 0 Å². The quantitative estimate of drug-likeness (QED) is 0.307. The van der Waals surface area contributed by atoms with Crippen molar-refractivity contribution in [2.45, 2.75) is 121 Å². The number of carbonyl (C=O) groups excluding carboxylic acids is 1. The molecular weight excluding hydrogens is 472 g/mol. The Morgan fingerprint density at radius 1 is 1.03 bits per heavy atom. The molecule has 0 aromatic rings. The predicted octanol–water partition coefficient (Wildman–Crippen LogP) is 4.80. The first-order valence-corrected chi connectivity index (χ1v) is 14.2. The van der Waals surface area contributed by atoms with Gasteiger partial charge in [-0.1, -0.05) is 32.1 Å². The van der Waals surface area contributed by atoms with Gasteiger partial charge in [-0.05, 0) is 88.9 Å². The number of carbonyl (C=O) groups is 1. The fourth-order valence-electron chi connectivity index (χ4n) is 7.82. The summed E-state index contributed by atoms with van der Waals surface area (Å²) in [5, 5.41) is 21.3. The van der Waals surface area contributed by atoms with Crippen LogP contribution in [0.25, 0.3) is 0 Å². The summed E-state index contributed by atoms with van der Waals surface area (Å²) in [5.74, 6) is -1.34. The van der Waals surface area contributed by atoms with Crippen molar-refractivity contribution in [1.82, 2.24) is 0 Å². The molecule has 0 radical (unpaired) electrons. The van der Waals surface area contributed by atoms with Gasteiger partial charge in [0.15, 0.2) is 5.79 Å². The highest BCUT2D eigenvalue weighted by Gasteiger charge is 2.71. The average Bonchev–Trinajstić information content (AvgIpc) is 3.13. The average molecular weight is 519 g/mol. The van der Waals surface area contributed by atoms with Gasteiger partial charge in [-0.3, -0.25) is 0 Å². The zero-order chi connectivity index (χ0) is 26.9. The Kier molecular flexibility index (Phi) is 6.76. The lowest BCUT2D eigenvalue weighted by Gasteiger charge is -2.66. The molecule has 7 atom stereocenters. The maximum Gasteiger partial charge on any atom is 0.336 e. The number of rotatable bonds is 5. The first-order valence-electron chi connectivity index (χ1n) is 14.2. The second-order valence-electron chi connectivity index (χ2n) is 13.6. The molecule has 6 aliphatic rings. The molecule has 0 amide bonds. The summed E-state index contributed by atoms with van der Waals surface area (Å²) in [6.45, 7) is 15.6. The van der Waals surface area contributed by atoms with Crippen LogP contribution in [0.1, 0.15) is 92.4 Å². The SMILES string of the molecule is C=C1CCC(CC[C@@H]2CC[C@]3(OC2)O[C@@]2(O)CC[C@]3(C)OC2(C)C)C(C)(C)[C@H]1C/C=C1/C(=O)OC[C@@H]1O. The zero-order valence-electron chi connectivity index (χ0n) is 23.3. The van der Waals surface area contributed by atoms with Crippen LogP contribution in [-0.4, -0.2) is 58.3 Å². The highest BCUT2D eigenvalue weighted by Crippen LogP contribution is 2.59. The highest BCUT2D eigenvalue weighted by molar-refractivity contribution is 5.91. The molecule has 5 saturated heterocycles. The number of allylic oxidation sites excluding steroid dienone is 2. The summed E-state index contributed by atoms with van der Waals surface area (Å²) in [4.78, 5) is 12.0. The smallest absolute Gasteiger partial charge is 0.336 e. The van der Waals surface area contributed by atoms with Gasteiger partial charge < -0.3 is 29.2 Å². The van der Waals surface area contributed by atoms with Crippen molar-refractivity contribution in [3.63, 3.8) is 0 Å². The number of aliphatic hydroxyl groups is 2. The Morgan fingerprint density at radius 3 is 2.41 bits per heavy atom. The molecule has 7 heteroatoms. The number of cyclic esters (lactones) is 1. The standard InChI is InChI=1S/C30H46O7/c1-19-7-9-21(26(2,3)23(19)12-11-22-24(31)18-34-25(22)32)10-8-20-13-14-30(35-17-20)28(6)15-16-29(33,37-30)27(4,5)36-28/h11,20-21,23-24,31,33H,1,7-10,12-18H2,2-6H3/b22-11+/t20-,21?,23+,24+,28+,29+,30+/m1/s1. The third-order valence-electron chi connectivity index (χ3n) is 10.7. The van der Waals surface area contributed by atoms with Crippen LogP contribution in [0.3, 0.4) is 0 Å². The molecule has 7 nitrogen and oxygen atoms in total. The summed E-state index contributed by atoms with van der Waals surface area (Å²) in [7, 11) is 0. The number of hydrogen-bond donors (Lipinski definition) is 2. The Bertz CT molecular complexity index is 959. The van der Waals surface area contributed by atoms with Gasteiger partial charge in [0, 0.05) is 12.8 Å². The molecule has 1 saturated carbocycles. The van der Waals surface area contributed by atoms with Gasteiger partial charge in [-0.2, -0.15) is 0 Å². The summed E-state index contributed by atoms with van der Waals surface area (Å²) in [6, 6.07) is 0. The first kappa shape index (κ1) is 27.3. The molecule has 5 heterocycles. The van der Waals surface area contributed by atoms with E-state index < -0.39 is 34.8 Å². The maximum absolute atomic E-state index is 12.0. The molecule has 208 valence electrons. The van der Waals surface area contributed by atoms with Gasteiger partial charge in [0.2, 0.25) is 5.79 Å². The normalized spacial score (nSPS) is 46.0. The number of aliphatic hydroxyl groups excluding tert-OH is 1. The molecule has 1 spiro atoms. The summed E-state index contributed by atoms with van der Waals surface area (Å²) < 4.78 is 24.2. The molecule has 6 fully saturated rings. The minimum Gasteiger partial charge on any atom is -0.459 e. The largest absolute Gasteiger partial charge is 0.459 e. The lowest BCUT2D eigenvalue weighted by atomic mass is 9.58. The molecule has 2 N–H and O–H groups in total. The van der Waals surface area contributed by atoms with Crippen LogP contribution >= 0.6 is 0 Å². The fourth-order valence-corrected chi connectivity index (χ4v) is 7.82. The lowest BCUT2D eigenvalue weighted by Crippen LogP contribution is -2.78. The van der Waals surface area contributed by atoms with E-state index >= 15 is 0 Å². The van der Waals surface area contributed by atoms with Gasteiger partial charge >= 0.3 is 5.97 Å². The lowest BCUT2D eigenvalue weighted by molar-refractivity contribution is -0.522. The van der Waals surface area contributed by atoms with Gasteiger partial charge in [0.05, 0.1) is 12.2 Å². The van der Waals surface area contributed by atoms with Crippen LogP contribution in [0, 0.1) is 23.2 Å². The second kappa shape index (κ2) is 9.16. The Labute approximate surface area is 221 Å². The zero-order valence-corrected chi connectivity index (χ0v) is 23.3. The van der Waals surface area contributed by atoms with Crippen molar-refractivity contribution < 1.29 is 34.0 Å². The van der Waals surface area contributed by atoms with Crippen molar-refractivity contribution >= 4 is 5.97 Å². The Morgan fingerprint density at radius 2 is 1.78 bits per heavy atom. The van der Waals surface area contributed by atoms with Crippen LogP contribution in [0.15, 0.2) is 23.8 Å². The molecule has 2 bridgehead atoms. The van der Waals surface area contributed by atoms with E-state index in [-0.39, 0.29) is 17.9 Å². The maximum atomic E-state index is 12.0. The molecule has 37 heavy (non-hydrogen) atoms. The minimum atomic E-state index is -1.32. The van der Waals surface area contributed by atoms with E-state index in [2.05, 4.69) is 27.4 Å². The van der Waals surface area contributed by atoms with Gasteiger partial charge in [0.1, 0.15) is 23.9 Å². The number of hydrogen-bond acceptors (Lipinski definition) is 7. The van der Waals surface area contributed by atoms with E-state index in [4.69, 9.17) is 18.9 Å². The van der Waals surface area contributed by atoms with Crippen molar-refractivity contribution in [3.05, 3.63) is 23.8 Å². The fraction of sp³-hybridized carbons (Fsp3) is 0.833. The van der Waals surface area contributed by atoms with E-state index in [1.54, 1.807) is 0 Å². The Balaban J connectivity index is 1.19. The molecular formula is C30H46O7. The molecule has 0 aromatic heterocycles.